The van der Waals surface area contributed by atoms with Gasteiger partial charge < -0.3 is 5.73 Å². The first-order valence-corrected chi connectivity index (χ1v) is 4.91. The molecule has 0 amide bonds. The van der Waals surface area contributed by atoms with Gasteiger partial charge in [-0.15, -0.1) is 0 Å². The molecule has 0 radical (unpaired) electrons. The van der Waals surface area contributed by atoms with E-state index in [1.54, 1.807) is 13.0 Å². The molecule has 3 heteroatoms. The summed E-state index contributed by atoms with van der Waals surface area (Å²) in [6.45, 7) is 5.46. The van der Waals surface area contributed by atoms with Gasteiger partial charge in [0.05, 0.1) is 0 Å². The van der Waals surface area contributed by atoms with E-state index in [9.17, 15) is 4.39 Å². The van der Waals surface area contributed by atoms with E-state index in [-0.39, 0.29) is 11.4 Å². The number of halogens is 2. The zero-order valence-corrected chi connectivity index (χ0v) is 9.45. The Morgan fingerprint density at radius 3 is 2.43 bits per heavy atom. The van der Waals surface area contributed by atoms with E-state index < -0.39 is 0 Å². The van der Waals surface area contributed by atoms with Crippen molar-refractivity contribution in [3.05, 3.63) is 34.1 Å². The van der Waals surface area contributed by atoms with Crippen LogP contribution in [0.3, 0.4) is 0 Å². The zero-order chi connectivity index (χ0) is 10.9. The van der Waals surface area contributed by atoms with Crippen LogP contribution in [0.5, 0.6) is 0 Å². The first-order chi connectivity index (χ1) is 6.29. The first-order valence-electron chi connectivity index (χ1n) is 4.53. The van der Waals surface area contributed by atoms with Crippen LogP contribution in [0.1, 0.15) is 25.0 Å². The van der Waals surface area contributed by atoms with Crippen molar-refractivity contribution in [1.29, 1.82) is 0 Å². The lowest BCUT2D eigenvalue weighted by Crippen LogP contribution is -2.34. The van der Waals surface area contributed by atoms with Crippen molar-refractivity contribution >= 4 is 11.6 Å². The molecule has 1 rings (SSSR count). The number of nitrogens with two attached hydrogens (primary N) is 1. The maximum Gasteiger partial charge on any atom is 0.127 e. The van der Waals surface area contributed by atoms with Crippen molar-refractivity contribution in [2.24, 2.45) is 5.73 Å². The summed E-state index contributed by atoms with van der Waals surface area (Å²) in [5, 5.41) is 0.462. The highest BCUT2D eigenvalue weighted by atomic mass is 35.5. The molecule has 14 heavy (non-hydrogen) atoms. The van der Waals surface area contributed by atoms with Gasteiger partial charge in [0.1, 0.15) is 5.82 Å². The maximum absolute atomic E-state index is 13.3. The normalized spacial score (nSPS) is 11.9. The Hall–Kier alpha value is -0.600. The molecule has 0 saturated carbocycles. The van der Waals surface area contributed by atoms with Crippen LogP contribution in [-0.2, 0) is 6.42 Å². The third-order valence-electron chi connectivity index (χ3n) is 2.00. The zero-order valence-electron chi connectivity index (χ0n) is 8.70. The van der Waals surface area contributed by atoms with Crippen molar-refractivity contribution in [3.63, 3.8) is 0 Å². The van der Waals surface area contributed by atoms with Crippen molar-refractivity contribution in [3.8, 4) is 0 Å². The second-order valence-corrected chi connectivity index (χ2v) is 4.76. The van der Waals surface area contributed by atoms with Gasteiger partial charge in [-0.1, -0.05) is 11.6 Å². The highest BCUT2D eigenvalue weighted by Gasteiger charge is 2.13. The van der Waals surface area contributed by atoms with E-state index >= 15 is 0 Å². The number of hydrogen-bond donors (Lipinski definition) is 1. The Bertz CT molecular complexity index is 319. The van der Waals surface area contributed by atoms with E-state index in [1.807, 2.05) is 13.8 Å². The molecular formula is C11H15ClFN. The van der Waals surface area contributed by atoms with E-state index in [0.29, 0.717) is 17.0 Å². The fourth-order valence-corrected chi connectivity index (χ4v) is 1.56. The lowest BCUT2D eigenvalue weighted by molar-refractivity contribution is 0.514. The smallest absolute Gasteiger partial charge is 0.127 e. The van der Waals surface area contributed by atoms with Gasteiger partial charge in [0.25, 0.3) is 0 Å². The Morgan fingerprint density at radius 1 is 1.43 bits per heavy atom. The van der Waals surface area contributed by atoms with Crippen LogP contribution in [-0.4, -0.2) is 5.54 Å². The van der Waals surface area contributed by atoms with Crippen LogP contribution >= 0.6 is 11.6 Å². The molecule has 1 aromatic carbocycles. The van der Waals surface area contributed by atoms with Gasteiger partial charge in [-0.05, 0) is 44.9 Å². The van der Waals surface area contributed by atoms with Gasteiger partial charge in [0, 0.05) is 16.1 Å². The number of rotatable bonds is 2. The predicted octanol–water partition coefficient (Wildman–Crippen LogP) is 3.07. The fourth-order valence-electron chi connectivity index (χ4n) is 1.33. The minimum atomic E-state index is -0.342. The summed E-state index contributed by atoms with van der Waals surface area (Å²) in [6.07, 6.45) is 0.615. The van der Waals surface area contributed by atoms with E-state index in [4.69, 9.17) is 17.3 Å². The Labute approximate surface area is 89.1 Å². The highest BCUT2D eigenvalue weighted by Crippen LogP contribution is 2.22. The summed E-state index contributed by atoms with van der Waals surface area (Å²) in [6, 6.07) is 3.27. The standard InChI is InChI=1S/C11H15ClFN/c1-7-9(12)4-8(5-10(7)13)6-11(2,3)14/h4-5H,6,14H2,1-3H3. The molecule has 0 saturated heterocycles. The van der Waals surface area contributed by atoms with E-state index in [0.717, 1.165) is 5.56 Å². The Balaban J connectivity index is 3.02. The first kappa shape index (κ1) is 11.5. The molecule has 0 aliphatic carbocycles. The molecule has 0 spiro atoms. The molecule has 0 unspecified atom stereocenters. The molecule has 78 valence electrons. The monoisotopic (exact) mass is 215 g/mol. The lowest BCUT2D eigenvalue weighted by atomic mass is 9.95. The summed E-state index contributed by atoms with van der Waals surface area (Å²) in [4.78, 5) is 0. The van der Waals surface area contributed by atoms with Crippen molar-refractivity contribution < 1.29 is 4.39 Å². The molecule has 0 heterocycles. The third kappa shape index (κ3) is 2.96. The second-order valence-electron chi connectivity index (χ2n) is 4.35. The van der Waals surface area contributed by atoms with Gasteiger partial charge >= 0.3 is 0 Å². The molecule has 1 nitrogen and oxygen atoms in total. The topological polar surface area (TPSA) is 26.0 Å². The Kier molecular flexibility index (Phi) is 3.17. The second kappa shape index (κ2) is 3.87. The summed E-state index contributed by atoms with van der Waals surface area (Å²) in [5.41, 5.74) is 6.83. The van der Waals surface area contributed by atoms with Gasteiger partial charge in [-0.3, -0.25) is 0 Å². The summed E-state index contributed by atoms with van der Waals surface area (Å²) >= 11 is 5.87. The van der Waals surface area contributed by atoms with Crippen molar-refractivity contribution in [2.75, 3.05) is 0 Å². The van der Waals surface area contributed by atoms with Crippen LogP contribution in [0.15, 0.2) is 12.1 Å². The van der Waals surface area contributed by atoms with Crippen LogP contribution in [0.4, 0.5) is 4.39 Å². The lowest BCUT2D eigenvalue weighted by Gasteiger charge is -2.18. The van der Waals surface area contributed by atoms with Crippen molar-refractivity contribution in [1.82, 2.24) is 0 Å². The number of hydrogen-bond acceptors (Lipinski definition) is 1. The average Bonchev–Trinajstić information content (AvgIpc) is 1.96. The van der Waals surface area contributed by atoms with E-state index in [1.165, 1.54) is 6.07 Å². The van der Waals surface area contributed by atoms with E-state index in [2.05, 4.69) is 0 Å². The molecule has 0 fully saturated rings. The average molecular weight is 216 g/mol. The van der Waals surface area contributed by atoms with Gasteiger partial charge in [0.2, 0.25) is 0 Å². The van der Waals surface area contributed by atoms with Crippen LogP contribution in [0, 0.1) is 12.7 Å². The van der Waals surface area contributed by atoms with Gasteiger partial charge in [-0.25, -0.2) is 4.39 Å². The summed E-state index contributed by atoms with van der Waals surface area (Å²) < 4.78 is 13.3. The molecule has 2 N–H and O–H groups in total. The van der Waals surface area contributed by atoms with Crippen molar-refractivity contribution in [2.45, 2.75) is 32.7 Å². The highest BCUT2D eigenvalue weighted by molar-refractivity contribution is 6.31. The predicted molar refractivity (Wildman–Crippen MR) is 58.1 cm³/mol. The van der Waals surface area contributed by atoms with Crippen LogP contribution in [0.25, 0.3) is 0 Å². The molecule has 0 bridgehead atoms. The maximum atomic E-state index is 13.3. The molecule has 0 aliphatic heterocycles. The minimum Gasteiger partial charge on any atom is -0.325 e. The van der Waals surface area contributed by atoms with Crippen LogP contribution in [0.2, 0.25) is 5.02 Å². The largest absolute Gasteiger partial charge is 0.325 e. The molecule has 0 aromatic heterocycles. The molecular weight excluding hydrogens is 201 g/mol. The molecule has 1 aromatic rings. The van der Waals surface area contributed by atoms with Gasteiger partial charge in [0.15, 0.2) is 0 Å². The molecule has 0 aliphatic rings. The minimum absolute atomic E-state index is 0.267. The SMILES string of the molecule is Cc1c(F)cc(CC(C)(C)N)cc1Cl. The van der Waals surface area contributed by atoms with Gasteiger partial charge in [-0.2, -0.15) is 0 Å². The quantitative estimate of drug-likeness (QED) is 0.806. The Morgan fingerprint density at radius 2 is 2.00 bits per heavy atom. The fraction of sp³-hybridized carbons (Fsp3) is 0.455. The third-order valence-corrected chi connectivity index (χ3v) is 2.39. The molecule has 0 atom stereocenters. The summed E-state index contributed by atoms with van der Waals surface area (Å²) in [5.74, 6) is -0.267. The summed E-state index contributed by atoms with van der Waals surface area (Å²) in [7, 11) is 0. The van der Waals surface area contributed by atoms with Crippen LogP contribution < -0.4 is 5.73 Å². The number of benzene rings is 1.